The fourth-order valence-electron chi connectivity index (χ4n) is 2.23. The van der Waals surface area contributed by atoms with E-state index in [1.807, 2.05) is 30.3 Å². The molecule has 1 saturated heterocycles. The van der Waals surface area contributed by atoms with Gasteiger partial charge in [0.05, 0.1) is 0 Å². The van der Waals surface area contributed by atoms with Gasteiger partial charge in [-0.15, -0.1) is 6.58 Å². The summed E-state index contributed by atoms with van der Waals surface area (Å²) in [6, 6.07) is 7.53. The van der Waals surface area contributed by atoms with E-state index < -0.39 is 6.10 Å². The Morgan fingerprint density at radius 1 is 1.45 bits per heavy atom. The maximum absolute atomic E-state index is 12.1. The predicted octanol–water partition coefficient (Wildman–Crippen LogP) is 2.33. The van der Waals surface area contributed by atoms with Crippen LogP contribution in [0.1, 0.15) is 25.3 Å². The molecule has 0 radical (unpaired) electrons. The van der Waals surface area contributed by atoms with Gasteiger partial charge in [-0.05, 0) is 37.5 Å². The number of rotatable bonds is 5. The van der Waals surface area contributed by atoms with Gasteiger partial charge in [0.15, 0.2) is 6.10 Å². The molecule has 1 aromatic rings. The molecule has 4 heteroatoms. The van der Waals surface area contributed by atoms with Crippen molar-refractivity contribution in [3.05, 3.63) is 42.5 Å². The Kier molecular flexibility index (Phi) is 4.56. The smallest absolute Gasteiger partial charge is 0.269 e. The van der Waals surface area contributed by atoms with Crippen LogP contribution in [0.2, 0.25) is 0 Å². The average Bonchev–Trinajstić information content (AvgIpc) is 2.86. The fraction of sp³-hybridized carbons (Fsp3) is 0.375. The molecule has 1 unspecified atom stereocenters. The van der Waals surface area contributed by atoms with Gasteiger partial charge in [-0.2, -0.15) is 0 Å². The van der Waals surface area contributed by atoms with Crippen LogP contribution in [0.15, 0.2) is 36.9 Å². The summed E-state index contributed by atoms with van der Waals surface area (Å²) in [5, 5.41) is 0. The second-order valence-electron chi connectivity index (χ2n) is 4.88. The van der Waals surface area contributed by atoms with Crippen molar-refractivity contribution in [1.82, 2.24) is 4.90 Å². The summed E-state index contributed by atoms with van der Waals surface area (Å²) in [4.78, 5) is 24.9. The lowest BCUT2D eigenvalue weighted by Crippen LogP contribution is -2.41. The second kappa shape index (κ2) is 6.37. The van der Waals surface area contributed by atoms with E-state index in [9.17, 15) is 9.59 Å². The topological polar surface area (TPSA) is 46.6 Å². The molecule has 2 rings (SSSR count). The Labute approximate surface area is 119 Å². The minimum absolute atomic E-state index is 0.105. The molecule has 1 atom stereocenters. The van der Waals surface area contributed by atoms with Crippen LogP contribution < -0.4 is 4.74 Å². The van der Waals surface area contributed by atoms with Crippen molar-refractivity contribution in [3.63, 3.8) is 0 Å². The van der Waals surface area contributed by atoms with Gasteiger partial charge in [0.25, 0.3) is 5.91 Å². The van der Waals surface area contributed by atoms with E-state index in [1.165, 1.54) is 4.90 Å². The Hall–Kier alpha value is -2.10. The Morgan fingerprint density at radius 2 is 2.15 bits per heavy atom. The SMILES string of the molecule is C=CCc1ccc(OC(C)C(=O)N2CCCC2=O)cc1. The molecular weight excluding hydrogens is 254 g/mol. The van der Waals surface area contributed by atoms with E-state index in [4.69, 9.17) is 4.74 Å². The number of nitrogens with zero attached hydrogens (tertiary/aromatic N) is 1. The molecule has 0 aliphatic carbocycles. The van der Waals surface area contributed by atoms with Crippen LogP contribution in [0.5, 0.6) is 5.75 Å². The molecule has 2 amide bonds. The van der Waals surface area contributed by atoms with Crippen LogP contribution in [0.25, 0.3) is 0 Å². The van der Waals surface area contributed by atoms with Crippen LogP contribution in [0.4, 0.5) is 0 Å². The molecule has 0 aromatic heterocycles. The number of imide groups is 1. The lowest BCUT2D eigenvalue weighted by molar-refractivity contribution is -0.146. The molecule has 0 N–H and O–H groups in total. The van der Waals surface area contributed by atoms with E-state index in [0.29, 0.717) is 18.7 Å². The first-order valence-electron chi connectivity index (χ1n) is 6.82. The van der Waals surface area contributed by atoms with Crippen LogP contribution >= 0.6 is 0 Å². The predicted molar refractivity (Wildman–Crippen MR) is 76.4 cm³/mol. The van der Waals surface area contributed by atoms with E-state index in [-0.39, 0.29) is 11.8 Å². The summed E-state index contributed by atoms with van der Waals surface area (Å²) < 4.78 is 5.60. The highest BCUT2D eigenvalue weighted by Gasteiger charge is 2.30. The fourth-order valence-corrected chi connectivity index (χ4v) is 2.23. The molecule has 1 aromatic carbocycles. The van der Waals surface area contributed by atoms with Gasteiger partial charge in [0, 0.05) is 13.0 Å². The van der Waals surface area contributed by atoms with Gasteiger partial charge in [-0.3, -0.25) is 14.5 Å². The summed E-state index contributed by atoms with van der Waals surface area (Å²) in [6.07, 6.45) is 3.18. The average molecular weight is 273 g/mol. The number of likely N-dealkylation sites (tertiary alicyclic amines) is 1. The number of benzene rings is 1. The molecule has 20 heavy (non-hydrogen) atoms. The standard InChI is InChI=1S/C16H19NO3/c1-3-5-13-7-9-14(10-8-13)20-12(2)16(19)17-11-4-6-15(17)18/h3,7-10,12H,1,4-6,11H2,2H3. The molecule has 1 aliphatic rings. The van der Waals surface area contributed by atoms with Crippen molar-refractivity contribution < 1.29 is 14.3 Å². The van der Waals surface area contributed by atoms with Gasteiger partial charge in [0.1, 0.15) is 5.75 Å². The second-order valence-corrected chi connectivity index (χ2v) is 4.88. The lowest BCUT2D eigenvalue weighted by Gasteiger charge is -2.20. The minimum Gasteiger partial charge on any atom is -0.481 e. The molecular formula is C16H19NO3. The number of ether oxygens (including phenoxy) is 1. The summed E-state index contributed by atoms with van der Waals surface area (Å²) in [5.41, 5.74) is 1.14. The summed E-state index contributed by atoms with van der Waals surface area (Å²) in [5.74, 6) is 0.264. The normalized spacial score (nSPS) is 16.1. The van der Waals surface area contributed by atoms with Crippen LogP contribution in [0.3, 0.4) is 0 Å². The number of carbonyl (C=O) groups is 2. The van der Waals surface area contributed by atoms with Crippen molar-refractivity contribution in [2.45, 2.75) is 32.3 Å². The summed E-state index contributed by atoms with van der Waals surface area (Å²) in [7, 11) is 0. The third-order valence-electron chi connectivity index (χ3n) is 3.30. The molecule has 0 bridgehead atoms. The number of hydrogen-bond acceptors (Lipinski definition) is 3. The largest absolute Gasteiger partial charge is 0.481 e. The third kappa shape index (κ3) is 3.26. The van der Waals surface area contributed by atoms with Crippen LogP contribution in [0, 0.1) is 0 Å². The molecule has 0 spiro atoms. The minimum atomic E-state index is -0.651. The highest BCUT2D eigenvalue weighted by Crippen LogP contribution is 2.17. The first-order valence-corrected chi connectivity index (χ1v) is 6.82. The van der Waals surface area contributed by atoms with Crippen molar-refractivity contribution in [2.24, 2.45) is 0 Å². The maximum atomic E-state index is 12.1. The molecule has 1 fully saturated rings. The highest BCUT2D eigenvalue weighted by atomic mass is 16.5. The number of allylic oxidation sites excluding steroid dienone is 1. The zero-order valence-electron chi connectivity index (χ0n) is 11.7. The van der Waals surface area contributed by atoms with Gasteiger partial charge in [-0.25, -0.2) is 0 Å². The first kappa shape index (κ1) is 14.3. The summed E-state index contributed by atoms with van der Waals surface area (Å²) in [6.45, 7) is 5.86. The quantitative estimate of drug-likeness (QED) is 0.774. The molecule has 4 nitrogen and oxygen atoms in total. The van der Waals surface area contributed by atoms with Crippen LogP contribution in [-0.2, 0) is 16.0 Å². The Balaban J connectivity index is 1.96. The van der Waals surface area contributed by atoms with E-state index >= 15 is 0 Å². The van der Waals surface area contributed by atoms with Crippen molar-refractivity contribution >= 4 is 11.8 Å². The van der Waals surface area contributed by atoms with Gasteiger partial charge < -0.3 is 4.74 Å². The molecule has 1 heterocycles. The van der Waals surface area contributed by atoms with E-state index in [1.54, 1.807) is 6.92 Å². The molecule has 106 valence electrons. The van der Waals surface area contributed by atoms with Crippen molar-refractivity contribution in [1.29, 1.82) is 0 Å². The monoisotopic (exact) mass is 273 g/mol. The zero-order chi connectivity index (χ0) is 14.5. The molecule has 1 aliphatic heterocycles. The number of carbonyl (C=O) groups excluding carboxylic acids is 2. The Morgan fingerprint density at radius 3 is 2.70 bits per heavy atom. The number of amides is 2. The van der Waals surface area contributed by atoms with Gasteiger partial charge >= 0.3 is 0 Å². The maximum Gasteiger partial charge on any atom is 0.269 e. The van der Waals surface area contributed by atoms with Gasteiger partial charge in [-0.1, -0.05) is 18.2 Å². The number of hydrogen-bond donors (Lipinski definition) is 0. The van der Waals surface area contributed by atoms with E-state index in [0.717, 1.165) is 18.4 Å². The lowest BCUT2D eigenvalue weighted by atomic mass is 10.1. The van der Waals surface area contributed by atoms with Crippen LogP contribution in [-0.4, -0.2) is 29.4 Å². The molecule has 0 saturated carbocycles. The third-order valence-corrected chi connectivity index (χ3v) is 3.30. The van der Waals surface area contributed by atoms with Crippen molar-refractivity contribution in [3.8, 4) is 5.75 Å². The van der Waals surface area contributed by atoms with Gasteiger partial charge in [0.2, 0.25) is 5.91 Å². The van der Waals surface area contributed by atoms with E-state index in [2.05, 4.69) is 6.58 Å². The van der Waals surface area contributed by atoms with Crippen molar-refractivity contribution in [2.75, 3.05) is 6.54 Å². The zero-order valence-corrected chi connectivity index (χ0v) is 11.7. The first-order chi connectivity index (χ1) is 9.61. The highest BCUT2D eigenvalue weighted by molar-refractivity contribution is 5.98. The Bertz CT molecular complexity index is 507. The summed E-state index contributed by atoms with van der Waals surface area (Å²) >= 11 is 0.